The molecule has 2 saturated carbocycles. The number of non-ortho nitro benzene ring substituents is 1. The van der Waals surface area contributed by atoms with Crippen molar-refractivity contribution < 1.29 is 81.9 Å². The van der Waals surface area contributed by atoms with E-state index in [2.05, 4.69) is 5.32 Å². The molecule has 1 heterocycles. The van der Waals surface area contributed by atoms with E-state index in [-0.39, 0.29) is 46.6 Å². The van der Waals surface area contributed by atoms with Gasteiger partial charge in [-0.3, -0.25) is 29.3 Å². The number of nitrogens with zero attached hydrogens (tertiary/aromatic N) is 1. The van der Waals surface area contributed by atoms with Gasteiger partial charge in [-0.05, 0) is 78.6 Å². The molecule has 11 atom stereocenters. The number of nitrogens with one attached hydrogen (secondary N) is 1. The molecule has 4 aromatic carbocycles. The molecule has 3 N–H and O–H groups in total. The van der Waals surface area contributed by atoms with E-state index < -0.39 is 130 Å². The van der Waals surface area contributed by atoms with Crippen molar-refractivity contribution in [2.75, 3.05) is 13.2 Å². The lowest BCUT2D eigenvalue weighted by molar-refractivity contribution is -0.384. The molecule has 8 rings (SSSR count). The van der Waals surface area contributed by atoms with Gasteiger partial charge in [0.25, 0.3) is 11.6 Å². The molecule has 4 aliphatic rings. The van der Waals surface area contributed by atoms with Gasteiger partial charge in [0.15, 0.2) is 17.5 Å². The van der Waals surface area contributed by atoms with Crippen molar-refractivity contribution >= 4 is 53.5 Å². The summed E-state index contributed by atoms with van der Waals surface area (Å²) in [5.41, 5.74) is -7.45. The Bertz CT molecular complexity index is 3000. The van der Waals surface area contributed by atoms with Gasteiger partial charge < -0.3 is 48.7 Å². The molecule has 77 heavy (non-hydrogen) atoms. The molecule has 2 bridgehead atoms. The van der Waals surface area contributed by atoms with Gasteiger partial charge in [-0.2, -0.15) is 0 Å². The SMILES string of the molecule is CC(=O)O[C@H]1C(=O)[C@@]2(C)C([C@H](OC(=O)c3ccccc3)[C@]3(O)C[C@H](OC(=O)[C@H](OC(=O)OC/C=C/c4ccc([N+](=O)[O-])cc4)[C@@H](NC(=O)c4ccccc4)c4ccccc4)C(C)=C1C3(C)C)[C@]1(OC(C)=O)CO[C@@H]1C[C@@H]2O. The first kappa shape index (κ1) is 55.2. The number of hydrogen-bond acceptors (Lipinski definition) is 18. The van der Waals surface area contributed by atoms with E-state index in [4.69, 9.17) is 33.2 Å². The second-order valence-corrected chi connectivity index (χ2v) is 20.3. The minimum atomic E-state index is -2.52. The Balaban J connectivity index is 1.25. The van der Waals surface area contributed by atoms with Crippen LogP contribution in [0.2, 0.25) is 0 Å². The third-order valence-electron chi connectivity index (χ3n) is 15.4. The highest BCUT2D eigenvalue weighted by molar-refractivity contribution is 5.96. The molecular formula is C57H58N2O18. The first-order valence-corrected chi connectivity index (χ1v) is 24.8. The summed E-state index contributed by atoms with van der Waals surface area (Å²) in [6, 6.07) is 27.7. The van der Waals surface area contributed by atoms with Crippen LogP contribution in [0.4, 0.5) is 10.5 Å². The molecule has 4 aromatic rings. The zero-order valence-corrected chi connectivity index (χ0v) is 42.9. The fourth-order valence-electron chi connectivity index (χ4n) is 11.4. The number of carbonyl (C=O) groups excluding carboxylic acids is 7. The highest BCUT2D eigenvalue weighted by atomic mass is 16.7. The number of aliphatic hydroxyl groups excluding tert-OH is 1. The van der Waals surface area contributed by atoms with E-state index >= 15 is 9.59 Å². The number of rotatable bonds is 15. The molecule has 3 fully saturated rings. The molecule has 20 heteroatoms. The zero-order chi connectivity index (χ0) is 55.6. The number of amides is 1. The van der Waals surface area contributed by atoms with E-state index in [1.807, 2.05) is 0 Å². The van der Waals surface area contributed by atoms with Gasteiger partial charge in [-0.25, -0.2) is 14.4 Å². The summed E-state index contributed by atoms with van der Waals surface area (Å²) < 4.78 is 42.0. The van der Waals surface area contributed by atoms with Crippen LogP contribution in [0.5, 0.6) is 0 Å². The van der Waals surface area contributed by atoms with Crippen molar-refractivity contribution in [1.29, 1.82) is 0 Å². The highest BCUT2D eigenvalue weighted by Gasteiger charge is 2.78. The third-order valence-corrected chi connectivity index (χ3v) is 15.4. The van der Waals surface area contributed by atoms with Gasteiger partial charge in [-0.15, -0.1) is 0 Å². The van der Waals surface area contributed by atoms with Crippen LogP contribution < -0.4 is 5.32 Å². The summed E-state index contributed by atoms with van der Waals surface area (Å²) >= 11 is 0. The Morgan fingerprint density at radius 3 is 2.03 bits per heavy atom. The molecule has 20 nitrogen and oxygen atoms in total. The van der Waals surface area contributed by atoms with Crippen molar-refractivity contribution in [3.8, 4) is 0 Å². The normalized spacial score (nSPS) is 27.8. The van der Waals surface area contributed by atoms with E-state index in [1.54, 1.807) is 66.7 Å². The first-order chi connectivity index (χ1) is 36.5. The average Bonchev–Trinajstić information content (AvgIpc) is 3.59. The summed E-state index contributed by atoms with van der Waals surface area (Å²) in [4.78, 5) is 110. The molecule has 3 aliphatic carbocycles. The average molecular weight is 1060 g/mol. The monoisotopic (exact) mass is 1060 g/mol. The van der Waals surface area contributed by atoms with Gasteiger partial charge in [0, 0.05) is 49.8 Å². The molecule has 0 aromatic heterocycles. The predicted molar refractivity (Wildman–Crippen MR) is 270 cm³/mol. The van der Waals surface area contributed by atoms with Crippen LogP contribution in [0.3, 0.4) is 0 Å². The topological polar surface area (TPSA) is 280 Å². The summed E-state index contributed by atoms with van der Waals surface area (Å²) in [5.74, 6) is -7.34. The number of ketones is 1. The van der Waals surface area contributed by atoms with Gasteiger partial charge >= 0.3 is 30.0 Å². The number of benzene rings is 4. The van der Waals surface area contributed by atoms with Crippen LogP contribution >= 0.6 is 0 Å². The molecule has 1 unspecified atom stereocenters. The Morgan fingerprint density at radius 2 is 1.45 bits per heavy atom. The number of esters is 4. The number of ether oxygens (including phenoxy) is 7. The zero-order valence-electron chi connectivity index (χ0n) is 42.9. The van der Waals surface area contributed by atoms with E-state index in [1.165, 1.54) is 88.4 Å². The summed E-state index contributed by atoms with van der Waals surface area (Å²) in [6.45, 7) is 7.28. The number of carbonyl (C=O) groups is 7. The summed E-state index contributed by atoms with van der Waals surface area (Å²) in [6.07, 6.45) is -9.70. The van der Waals surface area contributed by atoms with Crippen LogP contribution in [0, 0.1) is 26.9 Å². The molecule has 404 valence electrons. The van der Waals surface area contributed by atoms with E-state index in [0.29, 0.717) is 5.56 Å². The van der Waals surface area contributed by atoms with Gasteiger partial charge in [-0.1, -0.05) is 86.7 Å². The highest BCUT2D eigenvalue weighted by Crippen LogP contribution is 2.64. The van der Waals surface area contributed by atoms with E-state index in [0.717, 1.165) is 13.8 Å². The Hall–Kier alpha value is -8.07. The maximum absolute atomic E-state index is 15.8. The van der Waals surface area contributed by atoms with Crippen molar-refractivity contribution in [3.05, 3.63) is 165 Å². The number of nitro groups is 1. The lowest BCUT2D eigenvalue weighted by atomic mass is 9.44. The van der Waals surface area contributed by atoms with E-state index in [9.17, 15) is 44.3 Å². The summed E-state index contributed by atoms with van der Waals surface area (Å²) in [5, 5.41) is 40.1. The summed E-state index contributed by atoms with van der Waals surface area (Å²) in [7, 11) is 0. The minimum absolute atomic E-state index is 0.0186. The Morgan fingerprint density at radius 1 is 0.844 bits per heavy atom. The molecule has 0 radical (unpaired) electrons. The number of hydrogen-bond donors (Lipinski definition) is 3. The smallest absolute Gasteiger partial charge is 0.455 e. The maximum Gasteiger partial charge on any atom is 0.509 e. The van der Waals surface area contributed by atoms with Gasteiger partial charge in [0.1, 0.15) is 36.6 Å². The first-order valence-electron chi connectivity index (χ1n) is 24.8. The molecule has 1 amide bonds. The molecule has 0 spiro atoms. The third kappa shape index (κ3) is 10.5. The van der Waals surface area contributed by atoms with Crippen molar-refractivity contribution in [3.63, 3.8) is 0 Å². The maximum atomic E-state index is 15.8. The quantitative estimate of drug-likeness (QED) is 0.0376. The van der Waals surface area contributed by atoms with Crippen LogP contribution in [0.25, 0.3) is 6.08 Å². The number of fused-ring (bicyclic) bond motifs is 5. The predicted octanol–water partition coefficient (Wildman–Crippen LogP) is 6.52. The lowest BCUT2D eigenvalue weighted by Gasteiger charge is -2.67. The fraction of sp³-hybridized carbons (Fsp3) is 0.386. The number of aliphatic hydroxyl groups is 2. The van der Waals surface area contributed by atoms with Crippen LogP contribution in [0.15, 0.2) is 132 Å². The standard InChI is InChI=1S/C57H58N2O18/c1-32-40(74-52(66)46(75-53(67)71-28-16-17-35-24-26-39(27-25-35)59(69)70)44(36-18-10-7-11-19-36)58-50(64)37-20-12-8-13-21-37)30-57(68)49(76-51(65)38-22-14-9-15-23-38)47-55(6,41(62)29-42-56(47,31-72-42)77-34(3)61)48(63)45(73-33(2)60)43(32)54(57,4)5/h7-27,40-42,44-47,49,62,68H,28-31H2,1-6H3,(H,58,64)/b17-16+/t40-,41-,42+,44-,45+,46+,47?,49-,55+,56-,57+/m0/s1. The van der Waals surface area contributed by atoms with Gasteiger partial charge in [0.2, 0.25) is 6.10 Å². The van der Waals surface area contributed by atoms with Crippen LogP contribution in [-0.2, 0) is 52.3 Å². The van der Waals surface area contributed by atoms with Crippen LogP contribution in [-0.4, -0.2) is 118 Å². The minimum Gasteiger partial charge on any atom is -0.455 e. The number of Topliss-reactive ketones (excluding diaryl/α,β-unsaturated/α-hetero) is 1. The molecular weight excluding hydrogens is 1000 g/mol. The Kier molecular flexibility index (Phi) is 15.7. The number of nitro benzene ring substituents is 1. The van der Waals surface area contributed by atoms with Crippen LogP contribution in [0.1, 0.15) is 92.3 Å². The molecule has 1 saturated heterocycles. The van der Waals surface area contributed by atoms with Gasteiger partial charge in [0.05, 0.1) is 34.5 Å². The van der Waals surface area contributed by atoms with Crippen molar-refractivity contribution in [1.82, 2.24) is 5.32 Å². The Labute approximate surface area is 442 Å². The lowest BCUT2D eigenvalue weighted by Crippen LogP contribution is -2.82. The second-order valence-electron chi connectivity index (χ2n) is 20.3. The second kappa shape index (κ2) is 21.9. The molecule has 1 aliphatic heterocycles. The van der Waals surface area contributed by atoms with Crippen molar-refractivity contribution in [2.45, 2.75) is 108 Å². The van der Waals surface area contributed by atoms with Crippen molar-refractivity contribution in [2.24, 2.45) is 16.7 Å². The fourth-order valence-corrected chi connectivity index (χ4v) is 11.4. The largest absolute Gasteiger partial charge is 0.509 e.